The van der Waals surface area contributed by atoms with Gasteiger partial charge in [-0.25, -0.2) is 0 Å². The zero-order valence-corrected chi connectivity index (χ0v) is 9.85. The van der Waals surface area contributed by atoms with Gasteiger partial charge < -0.3 is 15.3 Å². The molecule has 2 N–H and O–H groups in total. The Bertz CT molecular complexity index is 350. The largest absolute Gasteiger partial charge is 0.393 e. The Morgan fingerprint density at radius 3 is 2.88 bits per heavy atom. The van der Waals surface area contributed by atoms with E-state index in [0.29, 0.717) is 5.92 Å². The topological polar surface area (TPSA) is 48.4 Å². The summed E-state index contributed by atoms with van der Waals surface area (Å²) in [6.07, 6.45) is 5.48. The van der Waals surface area contributed by atoms with Crippen LogP contribution in [0, 0.1) is 5.92 Å². The number of nitrogens with one attached hydrogen (secondary N) is 1. The molecule has 1 aliphatic carbocycles. The Labute approximate surface area is 96.3 Å². The van der Waals surface area contributed by atoms with Crippen molar-refractivity contribution in [2.45, 2.75) is 18.9 Å². The molecular formula is C12H19N3O. The molecule has 1 aliphatic rings. The molecule has 4 heteroatoms. The van der Waals surface area contributed by atoms with Crippen molar-refractivity contribution in [1.82, 2.24) is 4.98 Å². The van der Waals surface area contributed by atoms with Gasteiger partial charge in [0.15, 0.2) is 0 Å². The summed E-state index contributed by atoms with van der Waals surface area (Å²) in [5.74, 6) is 0.623. The summed E-state index contributed by atoms with van der Waals surface area (Å²) in [6.45, 7) is 0.992. The molecular weight excluding hydrogens is 202 g/mol. The Kier molecular flexibility index (Phi) is 3.29. The van der Waals surface area contributed by atoms with Crippen molar-refractivity contribution in [3.8, 4) is 0 Å². The SMILES string of the molecule is CNc1cncc(N(C)CC2CC(O)C2)c1. The highest BCUT2D eigenvalue weighted by Crippen LogP contribution is 2.29. The third-order valence-electron chi connectivity index (χ3n) is 3.20. The van der Waals surface area contributed by atoms with Crippen molar-refractivity contribution in [2.24, 2.45) is 5.92 Å². The first-order valence-corrected chi connectivity index (χ1v) is 5.71. The van der Waals surface area contributed by atoms with Gasteiger partial charge in [0.2, 0.25) is 0 Å². The number of nitrogens with zero attached hydrogens (tertiary/aromatic N) is 2. The number of pyridine rings is 1. The van der Waals surface area contributed by atoms with E-state index < -0.39 is 0 Å². The van der Waals surface area contributed by atoms with Crippen LogP contribution in [0.5, 0.6) is 0 Å². The van der Waals surface area contributed by atoms with Crippen molar-refractivity contribution in [2.75, 3.05) is 30.9 Å². The number of hydrogen-bond donors (Lipinski definition) is 2. The van der Waals surface area contributed by atoms with Crippen molar-refractivity contribution >= 4 is 11.4 Å². The number of hydrogen-bond acceptors (Lipinski definition) is 4. The lowest BCUT2D eigenvalue weighted by Crippen LogP contribution is -2.37. The van der Waals surface area contributed by atoms with Crippen LogP contribution in [-0.4, -0.2) is 36.8 Å². The van der Waals surface area contributed by atoms with Gasteiger partial charge in [-0.2, -0.15) is 0 Å². The third kappa shape index (κ3) is 2.44. The van der Waals surface area contributed by atoms with E-state index >= 15 is 0 Å². The van der Waals surface area contributed by atoms with Crippen LogP contribution in [0.1, 0.15) is 12.8 Å². The minimum absolute atomic E-state index is 0.0693. The minimum atomic E-state index is -0.0693. The van der Waals surface area contributed by atoms with E-state index in [1.807, 2.05) is 19.4 Å². The molecule has 0 saturated heterocycles. The van der Waals surface area contributed by atoms with Crippen LogP contribution in [0.2, 0.25) is 0 Å². The van der Waals surface area contributed by atoms with Gasteiger partial charge in [-0.15, -0.1) is 0 Å². The molecule has 88 valence electrons. The van der Waals surface area contributed by atoms with E-state index in [1.165, 1.54) is 0 Å². The molecule has 1 saturated carbocycles. The molecule has 0 radical (unpaired) electrons. The van der Waals surface area contributed by atoms with Gasteiger partial charge in [-0.05, 0) is 24.8 Å². The number of anilines is 2. The molecule has 1 heterocycles. The molecule has 1 fully saturated rings. The average molecular weight is 221 g/mol. The molecule has 0 unspecified atom stereocenters. The first-order chi connectivity index (χ1) is 7.69. The average Bonchev–Trinajstić information content (AvgIpc) is 2.27. The van der Waals surface area contributed by atoms with Gasteiger partial charge >= 0.3 is 0 Å². The third-order valence-corrected chi connectivity index (χ3v) is 3.20. The van der Waals surface area contributed by atoms with Gasteiger partial charge in [0.1, 0.15) is 0 Å². The smallest absolute Gasteiger partial charge is 0.0570 e. The molecule has 2 rings (SSSR count). The van der Waals surface area contributed by atoms with Crippen molar-refractivity contribution in [3.63, 3.8) is 0 Å². The van der Waals surface area contributed by atoms with Gasteiger partial charge in [0, 0.05) is 20.6 Å². The maximum Gasteiger partial charge on any atom is 0.0570 e. The minimum Gasteiger partial charge on any atom is -0.393 e. The van der Waals surface area contributed by atoms with Crippen LogP contribution in [0.3, 0.4) is 0 Å². The second-order valence-electron chi connectivity index (χ2n) is 4.55. The highest BCUT2D eigenvalue weighted by molar-refractivity contribution is 5.54. The van der Waals surface area contributed by atoms with Crippen molar-refractivity contribution < 1.29 is 5.11 Å². The Balaban J connectivity index is 1.94. The standard InChI is InChI=1S/C12H19N3O/c1-13-10-5-11(7-14-6-10)15(2)8-9-3-12(16)4-9/h5-7,9,12-13,16H,3-4,8H2,1-2H3. The zero-order valence-electron chi connectivity index (χ0n) is 9.85. The Hall–Kier alpha value is -1.29. The van der Waals surface area contributed by atoms with Crippen LogP contribution in [0.15, 0.2) is 18.5 Å². The van der Waals surface area contributed by atoms with Crippen molar-refractivity contribution in [3.05, 3.63) is 18.5 Å². The molecule has 0 aromatic carbocycles. The Morgan fingerprint density at radius 2 is 2.25 bits per heavy atom. The molecule has 1 aromatic heterocycles. The van der Waals surface area contributed by atoms with E-state index in [0.717, 1.165) is 30.8 Å². The van der Waals surface area contributed by atoms with E-state index in [1.54, 1.807) is 0 Å². The summed E-state index contributed by atoms with van der Waals surface area (Å²) in [7, 11) is 3.96. The summed E-state index contributed by atoms with van der Waals surface area (Å²) < 4.78 is 0. The van der Waals surface area contributed by atoms with E-state index in [9.17, 15) is 5.11 Å². The number of aliphatic hydroxyl groups excluding tert-OH is 1. The molecule has 0 bridgehead atoms. The van der Waals surface area contributed by atoms with Crippen molar-refractivity contribution in [1.29, 1.82) is 0 Å². The maximum absolute atomic E-state index is 9.24. The second kappa shape index (κ2) is 4.70. The quantitative estimate of drug-likeness (QED) is 0.805. The predicted molar refractivity (Wildman–Crippen MR) is 65.8 cm³/mol. The lowest BCUT2D eigenvalue weighted by molar-refractivity contribution is 0.0465. The Morgan fingerprint density at radius 1 is 1.50 bits per heavy atom. The van der Waals surface area contributed by atoms with Crippen LogP contribution >= 0.6 is 0 Å². The summed E-state index contributed by atoms with van der Waals surface area (Å²) >= 11 is 0. The van der Waals surface area contributed by atoms with Gasteiger partial charge in [-0.3, -0.25) is 4.98 Å². The highest BCUT2D eigenvalue weighted by Gasteiger charge is 2.28. The lowest BCUT2D eigenvalue weighted by Gasteiger charge is -2.35. The molecule has 4 nitrogen and oxygen atoms in total. The first kappa shape index (κ1) is 11.2. The van der Waals surface area contributed by atoms with Crippen LogP contribution in [0.4, 0.5) is 11.4 Å². The van der Waals surface area contributed by atoms with Gasteiger partial charge in [-0.1, -0.05) is 0 Å². The fourth-order valence-corrected chi connectivity index (χ4v) is 2.12. The molecule has 0 amide bonds. The van der Waals surface area contributed by atoms with Crippen LogP contribution in [0.25, 0.3) is 0 Å². The van der Waals surface area contributed by atoms with Crippen LogP contribution in [-0.2, 0) is 0 Å². The monoisotopic (exact) mass is 221 g/mol. The molecule has 0 atom stereocenters. The summed E-state index contributed by atoms with van der Waals surface area (Å²) in [4.78, 5) is 6.39. The lowest BCUT2D eigenvalue weighted by atomic mass is 9.82. The van der Waals surface area contributed by atoms with E-state index in [-0.39, 0.29) is 6.10 Å². The number of aliphatic hydroxyl groups is 1. The summed E-state index contributed by atoms with van der Waals surface area (Å²) in [5, 5.41) is 12.3. The summed E-state index contributed by atoms with van der Waals surface area (Å²) in [6, 6.07) is 2.09. The highest BCUT2D eigenvalue weighted by atomic mass is 16.3. The second-order valence-corrected chi connectivity index (χ2v) is 4.55. The zero-order chi connectivity index (χ0) is 11.5. The molecule has 1 aromatic rings. The predicted octanol–water partition coefficient (Wildman–Crippen LogP) is 1.33. The van der Waals surface area contributed by atoms with Gasteiger partial charge in [0.25, 0.3) is 0 Å². The fraction of sp³-hybridized carbons (Fsp3) is 0.583. The summed E-state index contributed by atoms with van der Waals surface area (Å²) in [5.41, 5.74) is 2.14. The molecule has 0 aliphatic heterocycles. The first-order valence-electron chi connectivity index (χ1n) is 5.71. The number of aromatic nitrogens is 1. The maximum atomic E-state index is 9.24. The molecule has 0 spiro atoms. The van der Waals surface area contributed by atoms with Crippen LogP contribution < -0.4 is 10.2 Å². The molecule has 16 heavy (non-hydrogen) atoms. The fourth-order valence-electron chi connectivity index (χ4n) is 2.12. The van der Waals surface area contributed by atoms with E-state index in [4.69, 9.17) is 0 Å². The van der Waals surface area contributed by atoms with Gasteiger partial charge in [0.05, 0.1) is 29.9 Å². The normalized spacial score (nSPS) is 23.7. The number of rotatable bonds is 4. The van der Waals surface area contributed by atoms with E-state index in [2.05, 4.69) is 28.3 Å².